The Bertz CT molecular complexity index is 561. The minimum atomic E-state index is -0.932. The first kappa shape index (κ1) is 15.7. The second-order valence-electron chi connectivity index (χ2n) is 4.90. The van der Waals surface area contributed by atoms with Crippen LogP contribution in [0.15, 0.2) is 18.2 Å². The van der Waals surface area contributed by atoms with Gasteiger partial charge in [0.1, 0.15) is 5.82 Å². The Labute approximate surface area is 125 Å². The number of non-ortho nitro benzene ring substituents is 1. The van der Waals surface area contributed by atoms with Crippen LogP contribution >= 0.6 is 11.6 Å². The van der Waals surface area contributed by atoms with Crippen LogP contribution in [0.2, 0.25) is 0 Å². The molecule has 6 nitrogen and oxygen atoms in total. The predicted octanol–water partition coefficient (Wildman–Crippen LogP) is 2.25. The number of nitrogens with zero attached hydrogens (tertiary/aromatic N) is 1. The van der Waals surface area contributed by atoms with Gasteiger partial charge in [0.25, 0.3) is 11.6 Å². The standard InChI is InChI=1S/C13H14ClFN2O4/c14-8-13(3-5-21-6-4-13)16-12(18)10-2-1-9(17(19)20)7-11(10)15/h1-2,7H,3-6,8H2,(H,16,18). The molecule has 1 aliphatic rings. The Kier molecular flexibility index (Phi) is 4.74. The van der Waals surface area contributed by atoms with Crippen molar-refractivity contribution >= 4 is 23.2 Å². The number of carbonyl (C=O) groups excluding carboxylic acids is 1. The van der Waals surface area contributed by atoms with Crippen molar-refractivity contribution in [3.8, 4) is 0 Å². The fourth-order valence-corrected chi connectivity index (χ4v) is 2.50. The molecule has 0 spiro atoms. The largest absolute Gasteiger partial charge is 0.381 e. The van der Waals surface area contributed by atoms with E-state index in [2.05, 4.69) is 5.32 Å². The summed E-state index contributed by atoms with van der Waals surface area (Å²) in [6.07, 6.45) is 1.08. The van der Waals surface area contributed by atoms with E-state index in [1.54, 1.807) is 0 Å². The lowest BCUT2D eigenvalue weighted by Crippen LogP contribution is -2.53. The molecule has 1 heterocycles. The van der Waals surface area contributed by atoms with Crippen LogP contribution in [0.1, 0.15) is 23.2 Å². The number of ether oxygens (including phenoxy) is 1. The molecule has 0 unspecified atom stereocenters. The van der Waals surface area contributed by atoms with Crippen molar-refractivity contribution in [2.24, 2.45) is 0 Å². The predicted molar refractivity (Wildman–Crippen MR) is 74.0 cm³/mol. The highest BCUT2D eigenvalue weighted by molar-refractivity contribution is 6.19. The third-order valence-electron chi connectivity index (χ3n) is 3.49. The van der Waals surface area contributed by atoms with Crippen molar-refractivity contribution in [1.82, 2.24) is 5.32 Å². The molecular weight excluding hydrogens is 303 g/mol. The summed E-state index contributed by atoms with van der Waals surface area (Å²) in [6.45, 7) is 0.936. The lowest BCUT2D eigenvalue weighted by atomic mass is 9.91. The Balaban J connectivity index is 2.18. The zero-order valence-corrected chi connectivity index (χ0v) is 11.9. The van der Waals surface area contributed by atoms with E-state index in [1.165, 1.54) is 0 Å². The van der Waals surface area contributed by atoms with Gasteiger partial charge in [0, 0.05) is 25.2 Å². The van der Waals surface area contributed by atoms with Crippen molar-refractivity contribution in [3.63, 3.8) is 0 Å². The molecule has 114 valence electrons. The number of halogens is 2. The first-order chi connectivity index (χ1) is 9.97. The van der Waals surface area contributed by atoms with Crippen LogP contribution in [0.3, 0.4) is 0 Å². The average Bonchev–Trinajstić information content (AvgIpc) is 2.47. The SMILES string of the molecule is O=C(NC1(CCl)CCOCC1)c1ccc([N+](=O)[O-])cc1F. The molecule has 0 saturated carbocycles. The Morgan fingerprint density at radius 2 is 2.14 bits per heavy atom. The summed E-state index contributed by atoms with van der Waals surface area (Å²) >= 11 is 5.92. The molecule has 0 bridgehead atoms. The highest BCUT2D eigenvalue weighted by atomic mass is 35.5. The molecule has 1 amide bonds. The van der Waals surface area contributed by atoms with Crippen LogP contribution in [0.4, 0.5) is 10.1 Å². The van der Waals surface area contributed by atoms with Gasteiger partial charge in [-0.05, 0) is 18.9 Å². The second kappa shape index (κ2) is 6.36. The molecule has 1 fully saturated rings. The van der Waals surface area contributed by atoms with Crippen molar-refractivity contribution in [1.29, 1.82) is 0 Å². The lowest BCUT2D eigenvalue weighted by molar-refractivity contribution is -0.385. The van der Waals surface area contributed by atoms with Crippen molar-refractivity contribution in [2.75, 3.05) is 19.1 Å². The minimum absolute atomic E-state index is 0.191. The zero-order valence-electron chi connectivity index (χ0n) is 11.1. The molecule has 1 saturated heterocycles. The molecule has 1 aromatic rings. The van der Waals surface area contributed by atoms with Crippen molar-refractivity contribution in [3.05, 3.63) is 39.7 Å². The van der Waals surface area contributed by atoms with E-state index in [0.29, 0.717) is 26.1 Å². The number of nitro groups is 1. The number of hydrogen-bond donors (Lipinski definition) is 1. The van der Waals surface area contributed by atoms with E-state index in [4.69, 9.17) is 16.3 Å². The highest BCUT2D eigenvalue weighted by Crippen LogP contribution is 2.24. The number of nitrogens with one attached hydrogen (secondary N) is 1. The summed E-state index contributed by atoms with van der Waals surface area (Å²) in [7, 11) is 0. The number of nitro benzene ring substituents is 1. The normalized spacial score (nSPS) is 17.2. The Hall–Kier alpha value is -1.73. The third kappa shape index (κ3) is 3.48. The van der Waals surface area contributed by atoms with E-state index in [-0.39, 0.29) is 11.4 Å². The summed E-state index contributed by atoms with van der Waals surface area (Å²) in [6, 6.07) is 2.92. The second-order valence-corrected chi connectivity index (χ2v) is 5.17. The van der Waals surface area contributed by atoms with Gasteiger partial charge in [0.2, 0.25) is 0 Å². The van der Waals surface area contributed by atoms with E-state index < -0.39 is 27.9 Å². The van der Waals surface area contributed by atoms with E-state index in [0.717, 1.165) is 18.2 Å². The molecule has 0 aliphatic carbocycles. The van der Waals surface area contributed by atoms with Crippen LogP contribution in [-0.4, -0.2) is 35.5 Å². The molecule has 21 heavy (non-hydrogen) atoms. The van der Waals surface area contributed by atoms with Gasteiger partial charge in [-0.1, -0.05) is 0 Å². The van der Waals surface area contributed by atoms with Crippen LogP contribution < -0.4 is 5.32 Å². The molecule has 1 aliphatic heterocycles. The van der Waals surface area contributed by atoms with Gasteiger partial charge < -0.3 is 10.1 Å². The molecule has 8 heteroatoms. The molecule has 2 rings (SSSR count). The van der Waals surface area contributed by atoms with Gasteiger partial charge in [-0.15, -0.1) is 11.6 Å². The van der Waals surface area contributed by atoms with Gasteiger partial charge >= 0.3 is 0 Å². The maximum absolute atomic E-state index is 13.8. The van der Waals surface area contributed by atoms with Crippen LogP contribution in [0.5, 0.6) is 0 Å². The maximum atomic E-state index is 13.8. The Morgan fingerprint density at radius 3 is 2.67 bits per heavy atom. The number of hydrogen-bond acceptors (Lipinski definition) is 4. The summed E-state index contributed by atoms with van der Waals surface area (Å²) in [4.78, 5) is 22.0. The van der Waals surface area contributed by atoms with Crippen LogP contribution in [0.25, 0.3) is 0 Å². The van der Waals surface area contributed by atoms with Gasteiger partial charge in [0.05, 0.1) is 22.1 Å². The smallest absolute Gasteiger partial charge is 0.272 e. The van der Waals surface area contributed by atoms with E-state index in [1.807, 2.05) is 0 Å². The summed E-state index contributed by atoms with van der Waals surface area (Å²) in [5, 5.41) is 13.3. The highest BCUT2D eigenvalue weighted by Gasteiger charge is 2.34. The number of benzene rings is 1. The molecule has 1 aromatic carbocycles. The van der Waals surface area contributed by atoms with Gasteiger partial charge in [0.15, 0.2) is 0 Å². The summed E-state index contributed by atoms with van der Waals surface area (Å²) < 4.78 is 19.0. The average molecular weight is 317 g/mol. The van der Waals surface area contributed by atoms with Crippen LogP contribution in [0, 0.1) is 15.9 Å². The van der Waals surface area contributed by atoms with Gasteiger partial charge in [-0.25, -0.2) is 4.39 Å². The fraction of sp³-hybridized carbons (Fsp3) is 0.462. The molecule has 0 atom stereocenters. The Morgan fingerprint density at radius 1 is 1.48 bits per heavy atom. The topological polar surface area (TPSA) is 81.5 Å². The first-order valence-corrected chi connectivity index (χ1v) is 6.91. The lowest BCUT2D eigenvalue weighted by Gasteiger charge is -2.36. The number of amides is 1. The van der Waals surface area contributed by atoms with Crippen LogP contribution in [-0.2, 0) is 4.74 Å². The molecular formula is C13H14ClFN2O4. The number of rotatable bonds is 4. The monoisotopic (exact) mass is 316 g/mol. The van der Waals surface area contributed by atoms with E-state index in [9.17, 15) is 19.3 Å². The zero-order chi connectivity index (χ0) is 15.5. The molecule has 0 radical (unpaired) electrons. The van der Waals surface area contributed by atoms with Gasteiger partial charge in [-0.3, -0.25) is 14.9 Å². The van der Waals surface area contributed by atoms with Gasteiger partial charge in [-0.2, -0.15) is 0 Å². The first-order valence-electron chi connectivity index (χ1n) is 6.38. The number of carbonyl (C=O) groups is 1. The van der Waals surface area contributed by atoms with Crippen molar-refractivity contribution < 1.29 is 18.8 Å². The number of alkyl halides is 1. The summed E-state index contributed by atoms with van der Waals surface area (Å²) in [5.74, 6) is -1.38. The minimum Gasteiger partial charge on any atom is -0.381 e. The fourth-order valence-electron chi connectivity index (χ4n) is 2.16. The van der Waals surface area contributed by atoms with Crippen molar-refractivity contribution in [2.45, 2.75) is 18.4 Å². The quantitative estimate of drug-likeness (QED) is 0.525. The third-order valence-corrected chi connectivity index (χ3v) is 4.00. The maximum Gasteiger partial charge on any atom is 0.272 e. The van der Waals surface area contributed by atoms with E-state index >= 15 is 0 Å². The summed E-state index contributed by atoms with van der Waals surface area (Å²) in [5.41, 5.74) is -1.27. The molecule has 1 N–H and O–H groups in total. The molecule has 0 aromatic heterocycles.